The summed E-state index contributed by atoms with van der Waals surface area (Å²) in [7, 11) is 0. The average molecular weight is 1030 g/mol. The number of carbonyl (C=O) groups excluding carboxylic acids is 8. The molecule has 0 rings (SSSR count). The molecule has 0 aromatic rings. The third kappa shape index (κ3) is 24.9. The fourth-order valence-electron chi connectivity index (χ4n) is 7.20. The van der Waals surface area contributed by atoms with Crippen molar-refractivity contribution in [2.45, 2.75) is 194 Å². The number of aliphatic carboxylic acids is 3. The molecule has 0 aromatic carbocycles. The highest BCUT2D eigenvalue weighted by molar-refractivity contribution is 5.99. The second-order valence-corrected chi connectivity index (χ2v) is 19.9. The van der Waals surface area contributed by atoms with Gasteiger partial charge in [0.1, 0.15) is 54.4 Å². The molecule has 8 amide bonds. The highest BCUT2D eigenvalue weighted by atomic mass is 16.4. The van der Waals surface area contributed by atoms with E-state index in [9.17, 15) is 73.2 Å². The van der Waals surface area contributed by atoms with Gasteiger partial charge >= 0.3 is 17.9 Å². The molecule has 25 nitrogen and oxygen atoms in total. The monoisotopic (exact) mass is 1030 g/mol. The Morgan fingerprint density at radius 3 is 1.18 bits per heavy atom. The number of carboxylic acids is 3. The zero-order valence-electron chi connectivity index (χ0n) is 43.7. The first-order valence-corrected chi connectivity index (χ1v) is 24.6. The standard InChI is InChI=1S/C47H84N10O15/c1-12-26(10)38(57-43(67)32(21-35(61)62)51-39(63)28(15-13-14-16-48)50-40(64)29(17-22(2)3)53-44(68)36(49)27(11)58)46(70)56-37(25(8)9)45(69)54-30(18-23(4)5)41(65)52-31(20-34(59)60)42(66)55-33(47(71)72)19-24(6)7/h22-33,36-38,58H,12-21,48-49H2,1-11H3,(H,50,64)(H,51,63)(H,52,65)(H,53,68)(H,54,69)(H,55,66)(H,56,70)(H,57,67)(H,59,60)(H,61,62)(H,71,72)/t26-,27+,28-,29-,30-,31-,32-,33-,36-,37-,38-/m0/s1. The molecule has 0 radical (unpaired) electrons. The van der Waals surface area contributed by atoms with E-state index >= 15 is 0 Å². The van der Waals surface area contributed by atoms with E-state index in [1.54, 1.807) is 69.2 Å². The summed E-state index contributed by atoms with van der Waals surface area (Å²) in [5, 5.41) is 58.5. The predicted molar refractivity (Wildman–Crippen MR) is 263 cm³/mol. The lowest BCUT2D eigenvalue weighted by Crippen LogP contribution is -2.62. The molecule has 16 N–H and O–H groups in total. The van der Waals surface area contributed by atoms with Gasteiger partial charge in [0, 0.05) is 0 Å². The van der Waals surface area contributed by atoms with Gasteiger partial charge in [0.15, 0.2) is 0 Å². The van der Waals surface area contributed by atoms with E-state index in [1.165, 1.54) is 6.92 Å². The molecule has 0 heterocycles. The topological polar surface area (TPSA) is 417 Å². The lowest BCUT2D eigenvalue weighted by Gasteiger charge is -2.31. The minimum Gasteiger partial charge on any atom is -0.481 e. The number of unbranched alkanes of at least 4 members (excludes halogenated alkanes) is 1. The van der Waals surface area contributed by atoms with Gasteiger partial charge < -0.3 is 74.4 Å². The van der Waals surface area contributed by atoms with Crippen molar-refractivity contribution in [1.82, 2.24) is 42.5 Å². The van der Waals surface area contributed by atoms with E-state index in [1.807, 2.05) is 0 Å². The zero-order chi connectivity index (χ0) is 55.7. The first-order valence-electron chi connectivity index (χ1n) is 24.6. The first kappa shape index (κ1) is 66.0. The molecule has 412 valence electrons. The molecular weight excluding hydrogens is 945 g/mol. The molecule has 11 atom stereocenters. The first-order chi connectivity index (χ1) is 33.4. The predicted octanol–water partition coefficient (Wildman–Crippen LogP) is -1.42. The molecule has 0 aliphatic heterocycles. The maximum atomic E-state index is 14.1. The molecule has 0 aliphatic rings. The third-order valence-electron chi connectivity index (χ3n) is 11.5. The minimum atomic E-state index is -1.81. The Bertz CT molecular complexity index is 1850. The molecule has 0 fully saturated rings. The Balaban J connectivity index is 6.67. The molecule has 0 aliphatic carbocycles. The molecular formula is C47H84N10O15. The number of amides is 8. The second-order valence-electron chi connectivity index (χ2n) is 19.9. The molecule has 25 heteroatoms. The fourth-order valence-corrected chi connectivity index (χ4v) is 7.20. The van der Waals surface area contributed by atoms with Crippen molar-refractivity contribution >= 4 is 65.2 Å². The van der Waals surface area contributed by atoms with Crippen molar-refractivity contribution < 1.29 is 73.2 Å². The van der Waals surface area contributed by atoms with Crippen LogP contribution in [0.4, 0.5) is 0 Å². The summed E-state index contributed by atoms with van der Waals surface area (Å²) >= 11 is 0. The number of carbonyl (C=O) groups is 11. The summed E-state index contributed by atoms with van der Waals surface area (Å²) in [6.45, 7) is 18.4. The average Bonchev–Trinajstić information content (AvgIpc) is 3.26. The van der Waals surface area contributed by atoms with Crippen LogP contribution in [0, 0.1) is 29.6 Å². The van der Waals surface area contributed by atoms with Crippen LogP contribution < -0.4 is 54.0 Å². The molecule has 0 aromatic heterocycles. The maximum Gasteiger partial charge on any atom is 0.326 e. The van der Waals surface area contributed by atoms with Crippen molar-refractivity contribution in [3.63, 3.8) is 0 Å². The molecule has 0 spiro atoms. The highest BCUT2D eigenvalue weighted by Crippen LogP contribution is 2.15. The number of nitrogens with two attached hydrogens (primary N) is 2. The van der Waals surface area contributed by atoms with Gasteiger partial charge in [-0.2, -0.15) is 0 Å². The van der Waals surface area contributed by atoms with Crippen LogP contribution in [0.25, 0.3) is 0 Å². The van der Waals surface area contributed by atoms with Gasteiger partial charge in [0.25, 0.3) is 0 Å². The quantitative estimate of drug-likeness (QED) is 0.0324. The van der Waals surface area contributed by atoms with Gasteiger partial charge in [0.2, 0.25) is 47.3 Å². The van der Waals surface area contributed by atoms with Crippen LogP contribution in [-0.2, 0) is 52.7 Å². The number of hydrogen-bond acceptors (Lipinski definition) is 14. The van der Waals surface area contributed by atoms with Crippen LogP contribution in [-0.4, -0.2) is 153 Å². The molecule has 0 unspecified atom stereocenters. The van der Waals surface area contributed by atoms with E-state index in [0.717, 1.165) is 0 Å². The van der Waals surface area contributed by atoms with Crippen molar-refractivity contribution in [1.29, 1.82) is 0 Å². The Morgan fingerprint density at radius 2 is 0.792 bits per heavy atom. The van der Waals surface area contributed by atoms with E-state index in [4.69, 9.17) is 11.5 Å². The summed E-state index contributed by atoms with van der Waals surface area (Å²) in [6.07, 6.45) is -2.09. The number of aliphatic hydroxyl groups excluding tert-OH is 1. The van der Waals surface area contributed by atoms with Gasteiger partial charge in [-0.05, 0) is 81.6 Å². The minimum absolute atomic E-state index is 0.00888. The zero-order valence-corrected chi connectivity index (χ0v) is 43.7. The summed E-state index contributed by atoms with van der Waals surface area (Å²) in [6, 6.07) is -13.1. The molecule has 0 bridgehead atoms. The summed E-state index contributed by atoms with van der Waals surface area (Å²) in [5.41, 5.74) is 11.4. The van der Waals surface area contributed by atoms with Crippen molar-refractivity contribution in [2.24, 2.45) is 41.1 Å². The number of hydrogen-bond donors (Lipinski definition) is 14. The lowest BCUT2D eigenvalue weighted by atomic mass is 9.95. The number of nitrogens with one attached hydrogen (secondary N) is 8. The van der Waals surface area contributed by atoms with Crippen LogP contribution in [0.15, 0.2) is 0 Å². The highest BCUT2D eigenvalue weighted by Gasteiger charge is 2.38. The lowest BCUT2D eigenvalue weighted by molar-refractivity contribution is -0.144. The third-order valence-corrected chi connectivity index (χ3v) is 11.5. The summed E-state index contributed by atoms with van der Waals surface area (Å²) in [4.78, 5) is 145. The number of rotatable bonds is 35. The van der Waals surface area contributed by atoms with Crippen LogP contribution >= 0.6 is 0 Å². The van der Waals surface area contributed by atoms with Crippen molar-refractivity contribution in [3.05, 3.63) is 0 Å². The number of aliphatic hydroxyl groups is 1. The van der Waals surface area contributed by atoms with E-state index in [-0.39, 0.29) is 56.4 Å². The molecule has 0 saturated heterocycles. The molecule has 0 saturated carbocycles. The summed E-state index contributed by atoms with van der Waals surface area (Å²) < 4.78 is 0. The Labute approximate surface area is 422 Å². The molecule has 72 heavy (non-hydrogen) atoms. The Morgan fingerprint density at radius 1 is 0.444 bits per heavy atom. The van der Waals surface area contributed by atoms with E-state index in [0.29, 0.717) is 12.8 Å². The maximum absolute atomic E-state index is 14.1. The van der Waals surface area contributed by atoms with Gasteiger partial charge in [-0.25, -0.2) is 4.79 Å². The smallest absolute Gasteiger partial charge is 0.326 e. The Kier molecular flexibility index (Phi) is 30.2. The normalized spacial score (nSPS) is 16.0. The second kappa shape index (κ2) is 32.9. The fraction of sp³-hybridized carbons (Fsp3) is 0.766. The van der Waals surface area contributed by atoms with Crippen LogP contribution in [0.3, 0.4) is 0 Å². The summed E-state index contributed by atoms with van der Waals surface area (Å²) in [5.74, 6) is -13.8. The van der Waals surface area contributed by atoms with Crippen LogP contribution in [0.2, 0.25) is 0 Å². The largest absolute Gasteiger partial charge is 0.481 e. The van der Waals surface area contributed by atoms with Gasteiger partial charge in [-0.15, -0.1) is 0 Å². The van der Waals surface area contributed by atoms with E-state index < -0.39 is 150 Å². The van der Waals surface area contributed by atoms with Gasteiger partial charge in [-0.1, -0.05) is 75.7 Å². The van der Waals surface area contributed by atoms with Crippen LogP contribution in [0.5, 0.6) is 0 Å². The number of carboxylic acid groups (broad SMARTS) is 3. The SMILES string of the molecule is CC[C@H](C)[C@H](NC(=O)[C@H](CC(=O)O)NC(=O)[C@H](CCCCN)NC(=O)[C@H](CC(C)C)NC(=O)[C@@H](N)[C@@H](C)O)C(=O)N[C@H](C(=O)N[C@@H](CC(C)C)C(=O)N[C@@H](CC(=O)O)C(=O)N[C@@H](CC(C)C)C(=O)O)C(C)C. The van der Waals surface area contributed by atoms with Crippen LogP contribution in [0.1, 0.15) is 134 Å². The van der Waals surface area contributed by atoms with Gasteiger partial charge in [-0.3, -0.25) is 47.9 Å². The Hall–Kier alpha value is -5.95. The van der Waals surface area contributed by atoms with E-state index in [2.05, 4.69) is 42.5 Å². The van der Waals surface area contributed by atoms with Crippen molar-refractivity contribution in [3.8, 4) is 0 Å². The van der Waals surface area contributed by atoms with Gasteiger partial charge in [0.05, 0.1) is 18.9 Å². The van der Waals surface area contributed by atoms with Crippen molar-refractivity contribution in [2.75, 3.05) is 6.54 Å².